The number of aryl methyl sites for hydroxylation is 3. The molecule has 3 rings (SSSR count). The van der Waals surface area contributed by atoms with Gasteiger partial charge in [-0.05, 0) is 85.6 Å². The van der Waals surface area contributed by atoms with Crippen molar-refractivity contribution < 1.29 is 0 Å². The molecule has 26 heavy (non-hydrogen) atoms. The fourth-order valence-electron chi connectivity index (χ4n) is 4.20. The zero-order valence-corrected chi connectivity index (χ0v) is 16.6. The molecule has 0 spiro atoms. The Balaban J connectivity index is 1.61. The average Bonchev–Trinajstić information content (AvgIpc) is 2.68. The summed E-state index contributed by atoms with van der Waals surface area (Å²) in [7, 11) is 0. The number of hydrogen-bond donors (Lipinski definition) is 0. The van der Waals surface area contributed by atoms with Crippen LogP contribution >= 0.6 is 0 Å². The summed E-state index contributed by atoms with van der Waals surface area (Å²) in [6.45, 7) is 4.37. The molecule has 0 bridgehead atoms. The first-order valence-electron chi connectivity index (χ1n) is 10.6. The van der Waals surface area contributed by atoms with E-state index in [2.05, 4.69) is 68.5 Å². The maximum absolute atomic E-state index is 2.46. The van der Waals surface area contributed by atoms with Crippen molar-refractivity contribution in [3.8, 4) is 0 Å². The Hall–Kier alpha value is -1.82. The Morgan fingerprint density at radius 3 is 2.50 bits per heavy atom. The van der Waals surface area contributed by atoms with E-state index >= 15 is 0 Å². The SMILES string of the molecule is C/C=C/CCc1ccc2c(c1)CCC(c1ccc(CCCCC)cc1)C2. The van der Waals surface area contributed by atoms with Crippen molar-refractivity contribution in [3.05, 3.63) is 82.4 Å². The fraction of sp³-hybridized carbons (Fsp3) is 0.462. The van der Waals surface area contributed by atoms with Gasteiger partial charge < -0.3 is 0 Å². The highest BCUT2D eigenvalue weighted by molar-refractivity contribution is 5.37. The topological polar surface area (TPSA) is 0 Å². The monoisotopic (exact) mass is 346 g/mol. The summed E-state index contributed by atoms with van der Waals surface area (Å²) in [5.74, 6) is 0.695. The van der Waals surface area contributed by atoms with Crippen molar-refractivity contribution >= 4 is 0 Å². The summed E-state index contributed by atoms with van der Waals surface area (Å²) >= 11 is 0. The summed E-state index contributed by atoms with van der Waals surface area (Å²) in [5.41, 5.74) is 7.70. The number of hydrogen-bond acceptors (Lipinski definition) is 0. The summed E-state index contributed by atoms with van der Waals surface area (Å²) in [5, 5.41) is 0. The fourth-order valence-corrected chi connectivity index (χ4v) is 4.20. The van der Waals surface area contributed by atoms with Gasteiger partial charge in [0.05, 0.1) is 0 Å². The highest BCUT2D eigenvalue weighted by Crippen LogP contribution is 2.33. The van der Waals surface area contributed by atoms with Gasteiger partial charge in [-0.2, -0.15) is 0 Å². The van der Waals surface area contributed by atoms with E-state index in [1.54, 1.807) is 11.1 Å². The predicted molar refractivity (Wildman–Crippen MR) is 114 cm³/mol. The quantitative estimate of drug-likeness (QED) is 0.350. The van der Waals surface area contributed by atoms with Crippen LogP contribution in [0.1, 0.15) is 79.7 Å². The van der Waals surface area contributed by atoms with Gasteiger partial charge in [-0.3, -0.25) is 0 Å². The molecule has 0 N–H and O–H groups in total. The molecule has 0 saturated carbocycles. The van der Waals surface area contributed by atoms with E-state index in [4.69, 9.17) is 0 Å². The number of unbranched alkanes of at least 4 members (excludes halogenated alkanes) is 2. The average molecular weight is 347 g/mol. The summed E-state index contributed by atoms with van der Waals surface area (Å²) < 4.78 is 0. The lowest BCUT2D eigenvalue weighted by Gasteiger charge is -2.26. The molecular weight excluding hydrogens is 312 g/mol. The van der Waals surface area contributed by atoms with E-state index in [-0.39, 0.29) is 0 Å². The summed E-state index contributed by atoms with van der Waals surface area (Å²) in [6, 6.07) is 16.7. The molecule has 0 aromatic heterocycles. The van der Waals surface area contributed by atoms with Crippen LogP contribution in [0.4, 0.5) is 0 Å². The molecule has 0 heteroatoms. The van der Waals surface area contributed by atoms with Crippen molar-refractivity contribution in [1.29, 1.82) is 0 Å². The first-order chi connectivity index (χ1) is 12.8. The molecule has 138 valence electrons. The smallest absolute Gasteiger partial charge is 0.0118 e. The Morgan fingerprint density at radius 2 is 1.73 bits per heavy atom. The van der Waals surface area contributed by atoms with E-state index in [1.807, 2.05) is 0 Å². The molecule has 1 unspecified atom stereocenters. The second-order valence-electron chi connectivity index (χ2n) is 7.85. The molecule has 0 fully saturated rings. The van der Waals surface area contributed by atoms with Crippen LogP contribution in [0.2, 0.25) is 0 Å². The van der Waals surface area contributed by atoms with Gasteiger partial charge in [0.15, 0.2) is 0 Å². The third kappa shape index (κ3) is 5.10. The van der Waals surface area contributed by atoms with E-state index in [0.717, 1.165) is 6.42 Å². The van der Waals surface area contributed by atoms with Gasteiger partial charge in [-0.15, -0.1) is 0 Å². The molecule has 1 atom stereocenters. The normalized spacial score (nSPS) is 16.8. The second-order valence-corrected chi connectivity index (χ2v) is 7.85. The van der Waals surface area contributed by atoms with Gasteiger partial charge in [0.1, 0.15) is 0 Å². The van der Waals surface area contributed by atoms with E-state index in [1.165, 1.54) is 68.1 Å². The molecule has 2 aromatic carbocycles. The molecule has 0 aliphatic heterocycles. The minimum absolute atomic E-state index is 0.695. The zero-order valence-electron chi connectivity index (χ0n) is 16.6. The molecule has 0 heterocycles. The zero-order chi connectivity index (χ0) is 18.2. The molecule has 2 aromatic rings. The lowest BCUT2D eigenvalue weighted by atomic mass is 9.79. The Kier molecular flexibility index (Phi) is 7.12. The van der Waals surface area contributed by atoms with Gasteiger partial charge in [0.25, 0.3) is 0 Å². The van der Waals surface area contributed by atoms with Crippen molar-refractivity contribution in [2.24, 2.45) is 0 Å². The Bertz CT molecular complexity index is 705. The van der Waals surface area contributed by atoms with Crippen LogP contribution in [0.15, 0.2) is 54.6 Å². The lowest BCUT2D eigenvalue weighted by Crippen LogP contribution is -2.13. The van der Waals surface area contributed by atoms with Gasteiger partial charge in [0, 0.05) is 0 Å². The Labute approximate surface area is 160 Å². The molecule has 1 aliphatic rings. The minimum Gasteiger partial charge on any atom is -0.0917 e. The molecule has 0 saturated heterocycles. The predicted octanol–water partition coefficient (Wildman–Crippen LogP) is 7.20. The highest BCUT2D eigenvalue weighted by Gasteiger charge is 2.20. The van der Waals surface area contributed by atoms with E-state index < -0.39 is 0 Å². The Morgan fingerprint density at radius 1 is 0.923 bits per heavy atom. The number of fused-ring (bicyclic) bond motifs is 1. The van der Waals surface area contributed by atoms with Crippen LogP contribution in [0.3, 0.4) is 0 Å². The van der Waals surface area contributed by atoms with Crippen molar-refractivity contribution in [1.82, 2.24) is 0 Å². The van der Waals surface area contributed by atoms with Crippen LogP contribution in [-0.2, 0) is 25.7 Å². The van der Waals surface area contributed by atoms with Crippen molar-refractivity contribution in [3.63, 3.8) is 0 Å². The first kappa shape index (κ1) is 19.0. The molecule has 0 nitrogen and oxygen atoms in total. The van der Waals surface area contributed by atoms with Crippen LogP contribution < -0.4 is 0 Å². The third-order valence-corrected chi connectivity index (χ3v) is 5.85. The third-order valence-electron chi connectivity index (χ3n) is 5.85. The van der Waals surface area contributed by atoms with Crippen molar-refractivity contribution in [2.45, 2.75) is 77.6 Å². The summed E-state index contributed by atoms with van der Waals surface area (Å²) in [4.78, 5) is 0. The van der Waals surface area contributed by atoms with Crippen LogP contribution in [0, 0.1) is 0 Å². The van der Waals surface area contributed by atoms with Gasteiger partial charge in [0.2, 0.25) is 0 Å². The number of allylic oxidation sites excluding steroid dienone is 2. The second kappa shape index (κ2) is 9.76. The van der Waals surface area contributed by atoms with Gasteiger partial charge in [-0.1, -0.05) is 74.4 Å². The highest BCUT2D eigenvalue weighted by atomic mass is 14.2. The largest absolute Gasteiger partial charge is 0.0917 e. The van der Waals surface area contributed by atoms with E-state index in [9.17, 15) is 0 Å². The number of rotatable bonds is 8. The van der Waals surface area contributed by atoms with Crippen LogP contribution in [0.5, 0.6) is 0 Å². The maximum atomic E-state index is 2.46. The molecule has 0 radical (unpaired) electrons. The van der Waals surface area contributed by atoms with Crippen LogP contribution in [0.25, 0.3) is 0 Å². The lowest BCUT2D eigenvalue weighted by molar-refractivity contribution is 0.584. The maximum Gasteiger partial charge on any atom is -0.0118 e. The summed E-state index contributed by atoms with van der Waals surface area (Å²) in [6.07, 6.45) is 15.7. The minimum atomic E-state index is 0.695. The van der Waals surface area contributed by atoms with Gasteiger partial charge in [-0.25, -0.2) is 0 Å². The van der Waals surface area contributed by atoms with Crippen LogP contribution in [-0.4, -0.2) is 0 Å². The first-order valence-corrected chi connectivity index (χ1v) is 10.6. The van der Waals surface area contributed by atoms with Crippen molar-refractivity contribution in [2.75, 3.05) is 0 Å². The molecular formula is C26H34. The van der Waals surface area contributed by atoms with E-state index in [0.29, 0.717) is 5.92 Å². The molecule has 1 aliphatic carbocycles. The van der Waals surface area contributed by atoms with Gasteiger partial charge >= 0.3 is 0 Å². The standard InChI is InChI=1S/C26H34/c1-3-5-7-9-21-11-14-23(15-12-21)25-18-17-24-19-22(10-8-6-4-2)13-16-26(24)20-25/h4,6,11-16,19,25H,3,5,7-10,17-18,20H2,1-2H3/b6-4+. The molecule has 0 amide bonds. The number of benzene rings is 2.